The highest BCUT2D eigenvalue weighted by Crippen LogP contribution is 2.31. The fourth-order valence-corrected chi connectivity index (χ4v) is 2.69. The van der Waals surface area contributed by atoms with Crippen LogP contribution >= 0.6 is 11.6 Å². The Labute approximate surface area is 159 Å². The molecule has 0 N–H and O–H groups in total. The number of aromatic nitrogens is 1. The Morgan fingerprint density at radius 2 is 1.33 bits per heavy atom. The van der Waals surface area contributed by atoms with Crippen LogP contribution < -0.4 is 9.47 Å². The summed E-state index contributed by atoms with van der Waals surface area (Å²) in [4.78, 5) is 4.42. The van der Waals surface area contributed by atoms with Gasteiger partial charge in [-0.25, -0.2) is 0 Å². The predicted octanol–water partition coefficient (Wildman–Crippen LogP) is 6.71. The van der Waals surface area contributed by atoms with Gasteiger partial charge in [0.1, 0.15) is 17.2 Å². The Bertz CT molecular complexity index is 939. The lowest BCUT2D eigenvalue weighted by Gasteiger charge is -2.11. The molecule has 1 heterocycles. The Hall–Kier alpha value is -2.73. The number of benzene rings is 2. The molecule has 0 unspecified atom stereocenters. The van der Waals surface area contributed by atoms with Crippen molar-refractivity contribution in [1.29, 1.82) is 0 Å². The Balaban J connectivity index is 1.74. The third kappa shape index (κ3) is 4.92. The average Bonchev–Trinajstić information content (AvgIpc) is 2.59. The van der Waals surface area contributed by atoms with Gasteiger partial charge >= 0.3 is 6.36 Å². The molecule has 0 aliphatic heterocycles. The molecule has 0 aliphatic carbocycles. The molecule has 27 heavy (non-hydrogen) atoms. The van der Waals surface area contributed by atoms with Crippen LogP contribution in [0.1, 0.15) is 11.4 Å². The second-order valence-electron chi connectivity index (χ2n) is 5.83. The molecular formula is C20H15ClF3NO2. The summed E-state index contributed by atoms with van der Waals surface area (Å²) in [6.07, 6.45) is -4.72. The van der Waals surface area contributed by atoms with E-state index in [4.69, 9.17) is 16.3 Å². The van der Waals surface area contributed by atoms with Gasteiger partial charge in [-0.05, 0) is 61.9 Å². The summed E-state index contributed by atoms with van der Waals surface area (Å²) in [7, 11) is 0. The number of hydrogen-bond acceptors (Lipinski definition) is 3. The highest BCUT2D eigenvalue weighted by atomic mass is 35.5. The normalized spacial score (nSPS) is 11.3. The quantitative estimate of drug-likeness (QED) is 0.493. The van der Waals surface area contributed by atoms with E-state index in [9.17, 15) is 13.2 Å². The van der Waals surface area contributed by atoms with E-state index >= 15 is 0 Å². The molecule has 3 rings (SSSR count). The first-order chi connectivity index (χ1) is 12.7. The van der Waals surface area contributed by atoms with Crippen molar-refractivity contribution in [2.24, 2.45) is 0 Å². The molecule has 0 spiro atoms. The van der Waals surface area contributed by atoms with Crippen LogP contribution in [0.25, 0.3) is 11.1 Å². The number of ether oxygens (including phenoxy) is 2. The predicted molar refractivity (Wildman–Crippen MR) is 97.4 cm³/mol. The smallest absolute Gasteiger partial charge is 0.457 e. The Kier molecular flexibility index (Phi) is 5.28. The SMILES string of the molecule is Cc1nc(C)c(-c2ccc(Oc3ccc(OC(F)(F)F)cc3)cc2)cc1Cl. The second kappa shape index (κ2) is 7.48. The van der Waals surface area contributed by atoms with Gasteiger partial charge in [-0.2, -0.15) is 0 Å². The first-order valence-corrected chi connectivity index (χ1v) is 8.37. The molecule has 0 saturated carbocycles. The van der Waals surface area contributed by atoms with Crippen LogP contribution in [0.5, 0.6) is 17.2 Å². The van der Waals surface area contributed by atoms with E-state index in [0.29, 0.717) is 16.5 Å². The maximum atomic E-state index is 12.2. The molecule has 0 amide bonds. The number of halogens is 4. The van der Waals surface area contributed by atoms with E-state index < -0.39 is 6.36 Å². The average molecular weight is 394 g/mol. The highest BCUT2D eigenvalue weighted by molar-refractivity contribution is 6.31. The number of hydrogen-bond donors (Lipinski definition) is 0. The van der Waals surface area contributed by atoms with Gasteiger partial charge in [0.2, 0.25) is 0 Å². The van der Waals surface area contributed by atoms with Crippen LogP contribution in [0.4, 0.5) is 13.2 Å². The highest BCUT2D eigenvalue weighted by Gasteiger charge is 2.30. The summed E-state index contributed by atoms with van der Waals surface area (Å²) in [6, 6.07) is 14.3. The van der Waals surface area contributed by atoms with Crippen LogP contribution in [-0.2, 0) is 0 Å². The van der Waals surface area contributed by atoms with E-state index in [1.807, 2.05) is 32.0 Å². The van der Waals surface area contributed by atoms with Crippen molar-refractivity contribution in [3.63, 3.8) is 0 Å². The molecule has 1 aromatic heterocycles. The lowest BCUT2D eigenvalue weighted by Crippen LogP contribution is -2.16. The minimum atomic E-state index is -4.72. The number of pyridine rings is 1. The molecule has 0 saturated heterocycles. The molecule has 0 atom stereocenters. The van der Waals surface area contributed by atoms with Gasteiger partial charge in [-0.1, -0.05) is 23.7 Å². The van der Waals surface area contributed by atoms with Gasteiger partial charge in [-0.15, -0.1) is 13.2 Å². The van der Waals surface area contributed by atoms with E-state index in [2.05, 4.69) is 9.72 Å². The van der Waals surface area contributed by atoms with Crippen molar-refractivity contribution >= 4 is 11.6 Å². The third-order valence-electron chi connectivity index (χ3n) is 3.80. The maximum absolute atomic E-state index is 12.2. The summed E-state index contributed by atoms with van der Waals surface area (Å²) in [6.45, 7) is 3.76. The summed E-state index contributed by atoms with van der Waals surface area (Å²) in [5.41, 5.74) is 3.50. The van der Waals surface area contributed by atoms with Gasteiger partial charge in [0.05, 0.1) is 10.7 Å². The summed E-state index contributed by atoms with van der Waals surface area (Å²) < 4.78 is 46.0. The summed E-state index contributed by atoms with van der Waals surface area (Å²) in [5, 5.41) is 0.595. The summed E-state index contributed by atoms with van der Waals surface area (Å²) in [5.74, 6) is 0.644. The lowest BCUT2D eigenvalue weighted by atomic mass is 10.0. The zero-order valence-electron chi connectivity index (χ0n) is 14.5. The molecule has 2 aromatic carbocycles. The monoisotopic (exact) mass is 393 g/mol. The first-order valence-electron chi connectivity index (χ1n) is 7.99. The van der Waals surface area contributed by atoms with Crippen LogP contribution in [0.2, 0.25) is 5.02 Å². The van der Waals surface area contributed by atoms with E-state index in [1.54, 1.807) is 12.1 Å². The molecule has 0 radical (unpaired) electrons. The molecule has 7 heteroatoms. The van der Waals surface area contributed by atoms with E-state index in [1.165, 1.54) is 24.3 Å². The fraction of sp³-hybridized carbons (Fsp3) is 0.150. The van der Waals surface area contributed by atoms with Crippen molar-refractivity contribution in [3.8, 4) is 28.4 Å². The maximum Gasteiger partial charge on any atom is 0.573 e. The van der Waals surface area contributed by atoms with Gasteiger partial charge < -0.3 is 9.47 Å². The van der Waals surface area contributed by atoms with Gasteiger partial charge in [0.25, 0.3) is 0 Å². The second-order valence-corrected chi connectivity index (χ2v) is 6.24. The van der Waals surface area contributed by atoms with Crippen LogP contribution in [0, 0.1) is 13.8 Å². The van der Waals surface area contributed by atoms with Crippen molar-refractivity contribution < 1.29 is 22.6 Å². The third-order valence-corrected chi connectivity index (χ3v) is 4.18. The van der Waals surface area contributed by atoms with Gasteiger partial charge in [0, 0.05) is 11.3 Å². The first kappa shape index (κ1) is 19.0. The van der Waals surface area contributed by atoms with Crippen molar-refractivity contribution in [2.75, 3.05) is 0 Å². The van der Waals surface area contributed by atoms with E-state index in [-0.39, 0.29) is 5.75 Å². The molecule has 0 fully saturated rings. The molecule has 140 valence electrons. The molecule has 3 aromatic rings. The zero-order chi connectivity index (χ0) is 19.6. The van der Waals surface area contributed by atoms with Crippen molar-refractivity contribution in [2.45, 2.75) is 20.2 Å². The van der Waals surface area contributed by atoms with Crippen LogP contribution in [0.3, 0.4) is 0 Å². The molecule has 0 bridgehead atoms. The number of nitrogens with zero attached hydrogens (tertiary/aromatic N) is 1. The topological polar surface area (TPSA) is 31.4 Å². The minimum Gasteiger partial charge on any atom is -0.457 e. The van der Waals surface area contributed by atoms with E-state index in [0.717, 1.165) is 22.5 Å². The minimum absolute atomic E-state index is 0.301. The summed E-state index contributed by atoms with van der Waals surface area (Å²) >= 11 is 6.16. The molecular weight excluding hydrogens is 379 g/mol. The van der Waals surface area contributed by atoms with Crippen LogP contribution in [-0.4, -0.2) is 11.3 Å². The zero-order valence-corrected chi connectivity index (χ0v) is 15.2. The standard InChI is InChI=1S/C20H15ClF3NO2/c1-12-18(11-19(21)13(2)25-12)14-3-5-15(6-4-14)26-16-7-9-17(10-8-16)27-20(22,23)24/h3-11H,1-2H3. The molecule has 0 aliphatic rings. The Morgan fingerprint density at radius 3 is 1.89 bits per heavy atom. The fourth-order valence-electron chi connectivity index (χ4n) is 2.54. The number of rotatable bonds is 4. The van der Waals surface area contributed by atoms with Gasteiger partial charge in [0.15, 0.2) is 0 Å². The van der Waals surface area contributed by atoms with Gasteiger partial charge in [-0.3, -0.25) is 4.98 Å². The lowest BCUT2D eigenvalue weighted by molar-refractivity contribution is -0.274. The molecule has 3 nitrogen and oxygen atoms in total. The number of alkyl halides is 3. The number of aryl methyl sites for hydroxylation is 2. The van der Waals surface area contributed by atoms with Crippen molar-refractivity contribution in [1.82, 2.24) is 4.98 Å². The van der Waals surface area contributed by atoms with Crippen LogP contribution in [0.15, 0.2) is 54.6 Å². The largest absolute Gasteiger partial charge is 0.573 e. The Morgan fingerprint density at radius 1 is 0.815 bits per heavy atom. The van der Waals surface area contributed by atoms with Crippen molar-refractivity contribution in [3.05, 3.63) is 71.0 Å².